The molecule has 1 fully saturated rings. The van der Waals surface area contributed by atoms with Crippen LogP contribution in [0.1, 0.15) is 30.7 Å². The molecule has 0 unspecified atom stereocenters. The summed E-state index contributed by atoms with van der Waals surface area (Å²) >= 11 is 1.52. The van der Waals surface area contributed by atoms with E-state index in [1.54, 1.807) is 13.1 Å². The first kappa shape index (κ1) is 12.8. The van der Waals surface area contributed by atoms with Crippen molar-refractivity contribution in [3.05, 3.63) is 21.9 Å². The third-order valence-electron chi connectivity index (χ3n) is 3.14. The van der Waals surface area contributed by atoms with Gasteiger partial charge in [0.2, 0.25) is 0 Å². The van der Waals surface area contributed by atoms with Crippen molar-refractivity contribution < 1.29 is 9.59 Å². The average Bonchev–Trinajstić information content (AvgIpc) is 2.82. The second kappa shape index (κ2) is 4.53. The highest BCUT2D eigenvalue weighted by molar-refractivity contribution is 7.11. The Bertz CT molecular complexity index is 523. The highest BCUT2D eigenvalue weighted by atomic mass is 32.1. The molecule has 1 aliphatic rings. The van der Waals surface area contributed by atoms with E-state index in [1.807, 2.05) is 25.3 Å². The molecular weight excluding hydrogens is 250 g/mol. The van der Waals surface area contributed by atoms with Crippen molar-refractivity contribution in [1.82, 2.24) is 10.3 Å². The molecule has 6 heteroatoms. The largest absolute Gasteiger partial charge is 0.346 e. The summed E-state index contributed by atoms with van der Waals surface area (Å²) in [4.78, 5) is 24.7. The number of carbonyl (C=O) groups is 2. The van der Waals surface area contributed by atoms with Crippen LogP contribution in [0.15, 0.2) is 16.5 Å². The number of hydrogen-bond acceptors (Lipinski definition) is 4. The maximum atomic E-state index is 12.0. The summed E-state index contributed by atoms with van der Waals surface area (Å²) in [7, 11) is 0. The maximum Gasteiger partial charge on any atom is 0.346 e. The Morgan fingerprint density at radius 2 is 2.28 bits per heavy atom. The lowest BCUT2D eigenvalue weighted by atomic mass is 10.00. The van der Waals surface area contributed by atoms with Crippen LogP contribution in [-0.2, 0) is 4.79 Å². The van der Waals surface area contributed by atoms with E-state index in [4.69, 9.17) is 0 Å². The quantitative estimate of drug-likeness (QED) is 0.672. The van der Waals surface area contributed by atoms with E-state index in [9.17, 15) is 9.59 Å². The number of nitrogens with one attached hydrogen (secondary N) is 1. The minimum absolute atomic E-state index is 0.305. The zero-order chi connectivity index (χ0) is 13.3. The molecule has 1 aromatic heterocycles. The van der Waals surface area contributed by atoms with Crippen molar-refractivity contribution in [3.8, 4) is 0 Å². The fourth-order valence-electron chi connectivity index (χ4n) is 1.64. The third-order valence-corrected chi connectivity index (χ3v) is 4.09. The van der Waals surface area contributed by atoms with Gasteiger partial charge in [-0.3, -0.25) is 4.79 Å². The van der Waals surface area contributed by atoms with Crippen LogP contribution in [0.5, 0.6) is 0 Å². The van der Waals surface area contributed by atoms with E-state index in [1.165, 1.54) is 11.3 Å². The van der Waals surface area contributed by atoms with Gasteiger partial charge in [-0.1, -0.05) is 6.92 Å². The standard InChI is InChI=1S/C12H15N3O2S/c1-4-12(3)10(16)15(11(17)14-12)13-7-9-8(2)5-6-18-9/h5-7H,4H2,1-3H3,(H,14,17)/b13-7-/t12-/m1/s1. The molecule has 3 amide bonds. The van der Waals surface area contributed by atoms with Gasteiger partial charge in [0.1, 0.15) is 5.54 Å². The zero-order valence-corrected chi connectivity index (χ0v) is 11.4. The predicted molar refractivity (Wildman–Crippen MR) is 70.7 cm³/mol. The first-order valence-electron chi connectivity index (χ1n) is 5.72. The molecule has 0 aliphatic carbocycles. The van der Waals surface area contributed by atoms with Crippen LogP contribution in [0.25, 0.3) is 0 Å². The van der Waals surface area contributed by atoms with Crippen LogP contribution in [0, 0.1) is 6.92 Å². The second-order valence-electron chi connectivity index (χ2n) is 4.45. The fraction of sp³-hybridized carbons (Fsp3) is 0.417. The monoisotopic (exact) mass is 265 g/mol. The molecule has 2 rings (SSSR count). The molecule has 1 saturated heterocycles. The molecule has 1 aromatic rings. The molecule has 0 bridgehead atoms. The van der Waals surface area contributed by atoms with Crippen molar-refractivity contribution in [2.45, 2.75) is 32.7 Å². The predicted octanol–water partition coefficient (Wildman–Crippen LogP) is 2.11. The van der Waals surface area contributed by atoms with Gasteiger partial charge in [-0.2, -0.15) is 5.10 Å². The van der Waals surface area contributed by atoms with E-state index < -0.39 is 11.6 Å². The first-order valence-corrected chi connectivity index (χ1v) is 6.60. The highest BCUT2D eigenvalue weighted by Crippen LogP contribution is 2.21. The summed E-state index contributed by atoms with van der Waals surface area (Å²) in [5.74, 6) is -0.305. The van der Waals surface area contributed by atoms with Gasteiger partial charge in [-0.05, 0) is 37.3 Å². The molecular formula is C12H15N3O2S. The number of nitrogens with zero attached hydrogens (tertiary/aromatic N) is 2. The number of rotatable bonds is 3. The van der Waals surface area contributed by atoms with Gasteiger partial charge in [-0.25, -0.2) is 4.79 Å². The lowest BCUT2D eigenvalue weighted by Gasteiger charge is -2.17. The van der Waals surface area contributed by atoms with Gasteiger partial charge in [-0.15, -0.1) is 16.3 Å². The van der Waals surface area contributed by atoms with Crippen LogP contribution < -0.4 is 5.32 Å². The van der Waals surface area contributed by atoms with E-state index in [0.717, 1.165) is 15.4 Å². The minimum atomic E-state index is -0.834. The molecule has 2 heterocycles. The first-order chi connectivity index (χ1) is 8.48. The smallest absolute Gasteiger partial charge is 0.322 e. The van der Waals surface area contributed by atoms with E-state index in [0.29, 0.717) is 6.42 Å². The van der Waals surface area contributed by atoms with E-state index in [2.05, 4.69) is 10.4 Å². The third kappa shape index (κ3) is 2.03. The Labute approximate surface area is 109 Å². The van der Waals surface area contributed by atoms with Crippen molar-refractivity contribution in [2.75, 3.05) is 0 Å². The van der Waals surface area contributed by atoms with E-state index >= 15 is 0 Å². The molecule has 1 N–H and O–H groups in total. The number of hydrazone groups is 1. The van der Waals surface area contributed by atoms with Crippen LogP contribution in [0.3, 0.4) is 0 Å². The Balaban J connectivity index is 2.20. The number of amides is 3. The topological polar surface area (TPSA) is 61.8 Å². The van der Waals surface area contributed by atoms with Gasteiger partial charge in [0.25, 0.3) is 5.91 Å². The number of thiophene rings is 1. The summed E-state index contributed by atoms with van der Waals surface area (Å²) < 4.78 is 0. The van der Waals surface area contributed by atoms with Crippen molar-refractivity contribution >= 4 is 29.5 Å². The van der Waals surface area contributed by atoms with Gasteiger partial charge >= 0.3 is 6.03 Å². The number of aryl methyl sites for hydroxylation is 1. The summed E-state index contributed by atoms with van der Waals surface area (Å²) in [5, 5.41) is 9.49. The van der Waals surface area contributed by atoms with Crippen LogP contribution in [-0.4, -0.2) is 28.7 Å². The fourth-order valence-corrected chi connectivity index (χ4v) is 2.42. The van der Waals surface area contributed by atoms with Crippen molar-refractivity contribution in [3.63, 3.8) is 0 Å². The lowest BCUT2D eigenvalue weighted by molar-refractivity contribution is -0.130. The summed E-state index contributed by atoms with van der Waals surface area (Å²) in [5.41, 5.74) is 0.243. The van der Waals surface area contributed by atoms with Crippen molar-refractivity contribution in [2.24, 2.45) is 5.10 Å². The number of imide groups is 1. The number of carbonyl (C=O) groups excluding carboxylic acids is 2. The number of hydrogen-bond donors (Lipinski definition) is 1. The molecule has 0 radical (unpaired) electrons. The molecule has 1 atom stereocenters. The number of urea groups is 1. The summed E-state index contributed by atoms with van der Waals surface area (Å²) in [6.07, 6.45) is 2.10. The Hall–Kier alpha value is -1.69. The molecule has 0 spiro atoms. The Kier molecular flexibility index (Phi) is 3.21. The molecule has 96 valence electrons. The minimum Gasteiger partial charge on any atom is -0.322 e. The second-order valence-corrected chi connectivity index (χ2v) is 5.39. The Morgan fingerprint density at radius 1 is 1.56 bits per heavy atom. The SMILES string of the molecule is CC[C@@]1(C)NC(=O)N(/N=C\c2sccc2C)C1=O. The lowest BCUT2D eigenvalue weighted by Crippen LogP contribution is -2.42. The van der Waals surface area contributed by atoms with E-state index in [-0.39, 0.29) is 5.91 Å². The normalized spacial score (nSPS) is 24.1. The van der Waals surface area contributed by atoms with Gasteiger partial charge in [0.15, 0.2) is 0 Å². The Morgan fingerprint density at radius 3 is 2.78 bits per heavy atom. The average molecular weight is 265 g/mol. The van der Waals surface area contributed by atoms with Crippen LogP contribution in [0.2, 0.25) is 0 Å². The molecule has 18 heavy (non-hydrogen) atoms. The van der Waals surface area contributed by atoms with Crippen molar-refractivity contribution in [1.29, 1.82) is 0 Å². The van der Waals surface area contributed by atoms with Crippen LogP contribution >= 0.6 is 11.3 Å². The van der Waals surface area contributed by atoms with Gasteiger partial charge in [0, 0.05) is 0 Å². The maximum absolute atomic E-state index is 12.0. The zero-order valence-electron chi connectivity index (χ0n) is 10.6. The molecule has 0 saturated carbocycles. The highest BCUT2D eigenvalue weighted by Gasteiger charge is 2.46. The van der Waals surface area contributed by atoms with Gasteiger partial charge < -0.3 is 5.32 Å². The molecule has 0 aromatic carbocycles. The summed E-state index contributed by atoms with van der Waals surface area (Å²) in [6, 6.07) is 1.50. The van der Waals surface area contributed by atoms with Crippen LogP contribution in [0.4, 0.5) is 4.79 Å². The summed E-state index contributed by atoms with van der Waals surface area (Å²) in [6.45, 7) is 5.52. The molecule has 1 aliphatic heterocycles. The molecule has 5 nitrogen and oxygen atoms in total. The van der Waals surface area contributed by atoms with Gasteiger partial charge in [0.05, 0.1) is 11.1 Å².